The summed E-state index contributed by atoms with van der Waals surface area (Å²) >= 11 is 18.4. The Morgan fingerprint density at radius 1 is 1.05 bits per heavy atom. The smallest absolute Gasteiger partial charge is 0.129 e. The quantitative estimate of drug-likeness (QED) is 0.781. The minimum Gasteiger partial charge on any atom is -0.306 e. The first kappa shape index (κ1) is 15.6. The molecule has 0 aliphatic heterocycles. The minimum atomic E-state index is -0.445. The molecule has 1 N–H and O–H groups in total. The summed E-state index contributed by atoms with van der Waals surface area (Å²) < 4.78 is 14.1. The van der Waals surface area contributed by atoms with Crippen LogP contribution in [-0.4, -0.2) is 6.54 Å². The van der Waals surface area contributed by atoms with E-state index in [1.54, 1.807) is 24.3 Å². The summed E-state index contributed by atoms with van der Waals surface area (Å²) in [5.41, 5.74) is 1.08. The van der Waals surface area contributed by atoms with Gasteiger partial charge in [-0.15, -0.1) is 0 Å². The van der Waals surface area contributed by atoms with Gasteiger partial charge in [-0.05, 0) is 30.3 Å². The van der Waals surface area contributed by atoms with Gasteiger partial charge in [0.2, 0.25) is 0 Å². The molecule has 0 heterocycles. The molecule has 0 aromatic heterocycles. The molecule has 0 saturated carbocycles. The molecule has 5 heteroatoms. The number of rotatable bonds is 4. The predicted octanol–water partition coefficient (Wildman–Crippen LogP) is 5.48. The fourth-order valence-electron chi connectivity index (χ4n) is 2.10. The van der Waals surface area contributed by atoms with Crippen LogP contribution in [0.15, 0.2) is 36.4 Å². The molecule has 2 rings (SSSR count). The van der Waals surface area contributed by atoms with Crippen molar-refractivity contribution in [2.75, 3.05) is 6.54 Å². The zero-order valence-corrected chi connectivity index (χ0v) is 13.0. The highest BCUT2D eigenvalue weighted by Crippen LogP contribution is 2.36. The second kappa shape index (κ2) is 6.77. The summed E-state index contributed by atoms with van der Waals surface area (Å²) in [7, 11) is 0. The number of benzene rings is 2. The van der Waals surface area contributed by atoms with Gasteiger partial charge in [0.1, 0.15) is 5.82 Å². The van der Waals surface area contributed by atoms with Crippen molar-refractivity contribution in [3.8, 4) is 0 Å². The highest BCUT2D eigenvalue weighted by atomic mass is 35.5. The fraction of sp³-hybridized carbons (Fsp3) is 0.200. The van der Waals surface area contributed by atoms with Gasteiger partial charge < -0.3 is 5.32 Å². The summed E-state index contributed by atoms with van der Waals surface area (Å²) in [4.78, 5) is 0. The summed E-state index contributed by atoms with van der Waals surface area (Å²) in [6.45, 7) is 2.57. The molecule has 0 aliphatic carbocycles. The normalized spacial score (nSPS) is 12.4. The van der Waals surface area contributed by atoms with Gasteiger partial charge in [0, 0.05) is 10.6 Å². The van der Waals surface area contributed by atoms with Crippen LogP contribution in [-0.2, 0) is 0 Å². The average Bonchev–Trinajstić information content (AvgIpc) is 2.41. The summed E-state index contributed by atoms with van der Waals surface area (Å²) in [6, 6.07) is 9.45. The van der Waals surface area contributed by atoms with Crippen molar-refractivity contribution in [1.82, 2.24) is 5.32 Å². The van der Waals surface area contributed by atoms with E-state index in [-0.39, 0.29) is 5.82 Å². The molecule has 0 fully saturated rings. The summed E-state index contributed by atoms with van der Waals surface area (Å²) in [6.07, 6.45) is 0. The first-order valence-corrected chi connectivity index (χ1v) is 7.30. The molecule has 1 nitrogen and oxygen atoms in total. The van der Waals surface area contributed by atoms with Crippen molar-refractivity contribution in [2.24, 2.45) is 0 Å². The van der Waals surface area contributed by atoms with Crippen molar-refractivity contribution in [2.45, 2.75) is 13.0 Å². The molecule has 0 aliphatic rings. The van der Waals surface area contributed by atoms with E-state index in [2.05, 4.69) is 5.32 Å². The van der Waals surface area contributed by atoms with E-state index in [0.717, 1.165) is 0 Å². The first-order valence-electron chi connectivity index (χ1n) is 6.17. The maximum Gasteiger partial charge on any atom is 0.129 e. The van der Waals surface area contributed by atoms with E-state index in [4.69, 9.17) is 34.8 Å². The van der Waals surface area contributed by atoms with E-state index in [0.29, 0.717) is 32.7 Å². The van der Waals surface area contributed by atoms with E-state index < -0.39 is 6.04 Å². The zero-order chi connectivity index (χ0) is 14.7. The topological polar surface area (TPSA) is 12.0 Å². The Morgan fingerprint density at radius 3 is 2.35 bits per heavy atom. The van der Waals surface area contributed by atoms with Crippen LogP contribution in [0.3, 0.4) is 0 Å². The van der Waals surface area contributed by atoms with Crippen molar-refractivity contribution < 1.29 is 4.39 Å². The Bertz CT molecular complexity index is 596. The van der Waals surface area contributed by atoms with Crippen LogP contribution in [0.2, 0.25) is 15.1 Å². The fourth-order valence-corrected chi connectivity index (χ4v) is 2.79. The molecule has 0 bridgehead atoms. The van der Waals surface area contributed by atoms with Crippen molar-refractivity contribution >= 4 is 34.8 Å². The maximum atomic E-state index is 14.1. The molecular formula is C15H13Cl3FN. The SMILES string of the molecule is CCNC(c1cccc(Cl)c1Cl)c1c(F)cccc1Cl. The largest absolute Gasteiger partial charge is 0.306 e. The van der Waals surface area contributed by atoms with E-state index >= 15 is 0 Å². The number of halogens is 4. The Labute approximate surface area is 132 Å². The van der Waals surface area contributed by atoms with Crippen LogP contribution in [0.1, 0.15) is 24.1 Å². The lowest BCUT2D eigenvalue weighted by Gasteiger charge is -2.22. The van der Waals surface area contributed by atoms with Crippen LogP contribution in [0.4, 0.5) is 4.39 Å². The Balaban J connectivity index is 2.60. The third kappa shape index (κ3) is 3.09. The lowest BCUT2D eigenvalue weighted by atomic mass is 9.98. The lowest BCUT2D eigenvalue weighted by molar-refractivity contribution is 0.559. The molecule has 0 radical (unpaired) electrons. The Kier molecular flexibility index (Phi) is 5.28. The van der Waals surface area contributed by atoms with Gasteiger partial charge >= 0.3 is 0 Å². The van der Waals surface area contributed by atoms with Crippen LogP contribution in [0.5, 0.6) is 0 Å². The van der Waals surface area contributed by atoms with Crippen LogP contribution in [0, 0.1) is 5.82 Å². The molecule has 20 heavy (non-hydrogen) atoms. The Morgan fingerprint density at radius 2 is 1.70 bits per heavy atom. The van der Waals surface area contributed by atoms with Crippen LogP contribution >= 0.6 is 34.8 Å². The molecule has 0 amide bonds. The maximum absolute atomic E-state index is 14.1. The standard InChI is InChI=1S/C15H13Cl3FN/c1-2-20-15(9-5-3-7-11(17)14(9)18)13-10(16)6-4-8-12(13)19/h3-8,15,20H,2H2,1H3. The molecule has 0 saturated heterocycles. The second-order valence-corrected chi connectivity index (χ2v) is 5.46. The van der Waals surface area contributed by atoms with Gasteiger partial charge in [-0.25, -0.2) is 4.39 Å². The van der Waals surface area contributed by atoms with Gasteiger partial charge in [-0.2, -0.15) is 0 Å². The molecule has 2 aromatic rings. The minimum absolute atomic E-state index is 0.354. The van der Waals surface area contributed by atoms with Crippen LogP contribution < -0.4 is 5.32 Å². The summed E-state index contributed by atoms with van der Waals surface area (Å²) in [5.74, 6) is -0.375. The molecular weight excluding hydrogens is 320 g/mol. The van der Waals surface area contributed by atoms with Crippen molar-refractivity contribution in [3.63, 3.8) is 0 Å². The summed E-state index contributed by atoms with van der Waals surface area (Å²) in [5, 5.41) is 4.38. The van der Waals surface area contributed by atoms with Crippen molar-refractivity contribution in [3.05, 3.63) is 68.4 Å². The average molecular weight is 333 g/mol. The van der Waals surface area contributed by atoms with Crippen molar-refractivity contribution in [1.29, 1.82) is 0 Å². The Hall–Kier alpha value is -0.800. The monoisotopic (exact) mass is 331 g/mol. The van der Waals surface area contributed by atoms with Crippen LogP contribution in [0.25, 0.3) is 0 Å². The molecule has 1 unspecified atom stereocenters. The van der Waals surface area contributed by atoms with Gasteiger partial charge in [0.25, 0.3) is 0 Å². The molecule has 106 valence electrons. The van der Waals surface area contributed by atoms with Gasteiger partial charge in [-0.3, -0.25) is 0 Å². The number of hydrogen-bond donors (Lipinski definition) is 1. The highest BCUT2D eigenvalue weighted by Gasteiger charge is 2.22. The third-order valence-electron chi connectivity index (χ3n) is 2.99. The third-order valence-corrected chi connectivity index (χ3v) is 4.15. The second-order valence-electron chi connectivity index (χ2n) is 4.27. The van der Waals surface area contributed by atoms with E-state index in [9.17, 15) is 4.39 Å². The number of hydrogen-bond acceptors (Lipinski definition) is 1. The lowest BCUT2D eigenvalue weighted by Crippen LogP contribution is -2.23. The molecule has 0 spiro atoms. The van der Waals surface area contributed by atoms with Gasteiger partial charge in [0.05, 0.1) is 16.1 Å². The molecule has 2 aromatic carbocycles. The predicted molar refractivity (Wildman–Crippen MR) is 83.4 cm³/mol. The first-order chi connectivity index (χ1) is 9.56. The van der Waals surface area contributed by atoms with E-state index in [1.807, 2.05) is 13.0 Å². The molecule has 1 atom stereocenters. The highest BCUT2D eigenvalue weighted by molar-refractivity contribution is 6.42. The number of nitrogens with one attached hydrogen (secondary N) is 1. The zero-order valence-electron chi connectivity index (χ0n) is 10.8. The van der Waals surface area contributed by atoms with Gasteiger partial charge in [-0.1, -0.05) is 59.9 Å². The van der Waals surface area contributed by atoms with Gasteiger partial charge in [0.15, 0.2) is 0 Å². The van der Waals surface area contributed by atoms with E-state index in [1.165, 1.54) is 6.07 Å².